The first kappa shape index (κ1) is 12.5. The molecule has 1 rings (SSSR count). The van der Waals surface area contributed by atoms with Gasteiger partial charge in [-0.1, -0.05) is 0 Å². The Labute approximate surface area is 95.6 Å². The zero-order valence-corrected chi connectivity index (χ0v) is 9.82. The van der Waals surface area contributed by atoms with Gasteiger partial charge in [0, 0.05) is 18.7 Å². The van der Waals surface area contributed by atoms with Crippen LogP contribution in [0, 0.1) is 0 Å². The molecule has 0 bridgehead atoms. The quantitative estimate of drug-likeness (QED) is 0.822. The summed E-state index contributed by atoms with van der Waals surface area (Å²) in [6, 6.07) is 6.98. The summed E-state index contributed by atoms with van der Waals surface area (Å²) in [5.74, 6) is 0.633. The van der Waals surface area contributed by atoms with E-state index in [1.165, 1.54) is 0 Å². The van der Waals surface area contributed by atoms with Crippen LogP contribution in [0.4, 0.5) is 0 Å². The first-order valence-electron chi connectivity index (χ1n) is 5.11. The van der Waals surface area contributed by atoms with Crippen LogP contribution >= 0.6 is 0 Å². The van der Waals surface area contributed by atoms with Gasteiger partial charge in [-0.2, -0.15) is 0 Å². The Kier molecular flexibility index (Phi) is 4.79. The van der Waals surface area contributed by atoms with Crippen molar-refractivity contribution >= 4 is 5.91 Å². The van der Waals surface area contributed by atoms with Gasteiger partial charge in [-0.25, -0.2) is 0 Å². The normalized spacial score (nSPS) is 11.9. The average molecular weight is 223 g/mol. The van der Waals surface area contributed by atoms with E-state index in [1.807, 2.05) is 6.92 Å². The van der Waals surface area contributed by atoms with Crippen molar-refractivity contribution in [3.05, 3.63) is 29.8 Å². The van der Waals surface area contributed by atoms with Crippen LogP contribution in [-0.2, 0) is 4.74 Å². The highest BCUT2D eigenvalue weighted by molar-refractivity contribution is 5.94. The summed E-state index contributed by atoms with van der Waals surface area (Å²) in [6.45, 7) is 2.40. The molecule has 1 aromatic rings. The third-order valence-corrected chi connectivity index (χ3v) is 2.15. The van der Waals surface area contributed by atoms with Crippen molar-refractivity contribution in [2.24, 2.45) is 0 Å². The first-order valence-corrected chi connectivity index (χ1v) is 5.11. The summed E-state index contributed by atoms with van der Waals surface area (Å²) in [7, 11) is 3.20. The number of nitrogens with one attached hydrogen (secondary N) is 1. The molecule has 0 spiro atoms. The molecule has 0 fully saturated rings. The Morgan fingerprint density at radius 2 is 1.94 bits per heavy atom. The van der Waals surface area contributed by atoms with E-state index in [-0.39, 0.29) is 11.9 Å². The lowest BCUT2D eigenvalue weighted by Gasteiger charge is -2.12. The lowest BCUT2D eigenvalue weighted by Crippen LogP contribution is -2.35. The SMILES string of the molecule is COC[C@@H](C)NC(=O)c1ccc(OC)cc1. The van der Waals surface area contributed by atoms with Gasteiger partial charge in [-0.15, -0.1) is 0 Å². The smallest absolute Gasteiger partial charge is 0.251 e. The predicted molar refractivity (Wildman–Crippen MR) is 61.8 cm³/mol. The average Bonchev–Trinajstić information content (AvgIpc) is 2.29. The monoisotopic (exact) mass is 223 g/mol. The zero-order valence-electron chi connectivity index (χ0n) is 9.82. The van der Waals surface area contributed by atoms with Crippen LogP contribution in [0.5, 0.6) is 5.75 Å². The van der Waals surface area contributed by atoms with Crippen LogP contribution in [0.2, 0.25) is 0 Å². The Morgan fingerprint density at radius 1 is 1.31 bits per heavy atom. The van der Waals surface area contributed by atoms with Crippen LogP contribution in [0.15, 0.2) is 24.3 Å². The summed E-state index contributed by atoms with van der Waals surface area (Å²) in [6.07, 6.45) is 0. The Hall–Kier alpha value is -1.55. The molecule has 0 aliphatic carbocycles. The molecule has 1 atom stereocenters. The Morgan fingerprint density at radius 3 is 2.44 bits per heavy atom. The fraction of sp³-hybridized carbons (Fsp3) is 0.417. The lowest BCUT2D eigenvalue weighted by atomic mass is 10.2. The second-order valence-electron chi connectivity index (χ2n) is 3.56. The fourth-order valence-electron chi connectivity index (χ4n) is 1.34. The second-order valence-corrected chi connectivity index (χ2v) is 3.56. The molecule has 0 saturated heterocycles. The molecule has 88 valence electrons. The van der Waals surface area contributed by atoms with E-state index in [0.29, 0.717) is 12.2 Å². The van der Waals surface area contributed by atoms with Crippen molar-refractivity contribution in [1.29, 1.82) is 0 Å². The molecular weight excluding hydrogens is 206 g/mol. The maximum atomic E-state index is 11.7. The summed E-state index contributed by atoms with van der Waals surface area (Å²) >= 11 is 0. The molecule has 0 aliphatic rings. The van der Waals surface area contributed by atoms with E-state index in [0.717, 1.165) is 5.75 Å². The third kappa shape index (κ3) is 3.55. The number of ether oxygens (including phenoxy) is 2. The van der Waals surface area contributed by atoms with Gasteiger partial charge >= 0.3 is 0 Å². The van der Waals surface area contributed by atoms with Crippen LogP contribution in [0.25, 0.3) is 0 Å². The molecule has 0 heterocycles. The van der Waals surface area contributed by atoms with Crippen molar-refractivity contribution in [3.8, 4) is 5.75 Å². The molecule has 0 radical (unpaired) electrons. The highest BCUT2D eigenvalue weighted by Gasteiger charge is 2.09. The maximum Gasteiger partial charge on any atom is 0.251 e. The van der Waals surface area contributed by atoms with Gasteiger partial charge in [0.2, 0.25) is 0 Å². The molecule has 4 nitrogen and oxygen atoms in total. The molecule has 0 saturated carbocycles. The standard InChI is InChI=1S/C12H17NO3/c1-9(8-15-2)13-12(14)10-4-6-11(16-3)7-5-10/h4-7,9H,8H2,1-3H3,(H,13,14)/t9-/m1/s1. The van der Waals surface area contributed by atoms with Gasteiger partial charge in [0.05, 0.1) is 13.7 Å². The van der Waals surface area contributed by atoms with Gasteiger partial charge in [-0.05, 0) is 31.2 Å². The van der Waals surface area contributed by atoms with Gasteiger partial charge in [0.15, 0.2) is 0 Å². The van der Waals surface area contributed by atoms with Crippen molar-refractivity contribution < 1.29 is 14.3 Å². The number of rotatable bonds is 5. The molecule has 1 N–H and O–H groups in total. The van der Waals surface area contributed by atoms with Crippen LogP contribution in [0.3, 0.4) is 0 Å². The van der Waals surface area contributed by atoms with E-state index in [2.05, 4.69) is 5.32 Å². The maximum absolute atomic E-state index is 11.7. The van der Waals surface area contributed by atoms with Gasteiger partial charge in [0.1, 0.15) is 5.75 Å². The summed E-state index contributed by atoms with van der Waals surface area (Å²) in [5.41, 5.74) is 0.615. The van der Waals surface area contributed by atoms with Crippen molar-refractivity contribution in [2.75, 3.05) is 20.8 Å². The predicted octanol–water partition coefficient (Wildman–Crippen LogP) is 1.46. The Balaban J connectivity index is 2.59. The number of benzene rings is 1. The lowest BCUT2D eigenvalue weighted by molar-refractivity contribution is 0.0905. The minimum atomic E-state index is -0.104. The molecule has 1 amide bonds. The molecule has 4 heteroatoms. The highest BCUT2D eigenvalue weighted by Crippen LogP contribution is 2.11. The molecule has 0 aromatic heterocycles. The number of carbonyl (C=O) groups excluding carboxylic acids is 1. The summed E-state index contributed by atoms with van der Waals surface area (Å²) in [5, 5.41) is 2.83. The van der Waals surface area contributed by atoms with Crippen molar-refractivity contribution in [2.45, 2.75) is 13.0 Å². The molecule has 16 heavy (non-hydrogen) atoms. The minimum Gasteiger partial charge on any atom is -0.497 e. The second kappa shape index (κ2) is 6.12. The molecule has 1 aromatic carbocycles. The van der Waals surface area contributed by atoms with E-state index in [1.54, 1.807) is 38.5 Å². The van der Waals surface area contributed by atoms with E-state index < -0.39 is 0 Å². The number of hydrogen-bond acceptors (Lipinski definition) is 3. The molecule has 0 unspecified atom stereocenters. The minimum absolute atomic E-state index is 0.000369. The van der Waals surface area contributed by atoms with Gasteiger partial charge in [0.25, 0.3) is 5.91 Å². The van der Waals surface area contributed by atoms with Crippen LogP contribution < -0.4 is 10.1 Å². The number of methoxy groups -OCH3 is 2. The Bertz CT molecular complexity index is 335. The van der Waals surface area contributed by atoms with Gasteiger partial charge in [-0.3, -0.25) is 4.79 Å². The number of carbonyl (C=O) groups is 1. The van der Waals surface area contributed by atoms with E-state index in [9.17, 15) is 4.79 Å². The van der Waals surface area contributed by atoms with Crippen LogP contribution in [0.1, 0.15) is 17.3 Å². The summed E-state index contributed by atoms with van der Waals surface area (Å²) in [4.78, 5) is 11.7. The highest BCUT2D eigenvalue weighted by atomic mass is 16.5. The number of amides is 1. The van der Waals surface area contributed by atoms with Crippen LogP contribution in [-0.4, -0.2) is 32.8 Å². The largest absolute Gasteiger partial charge is 0.497 e. The van der Waals surface area contributed by atoms with Crippen molar-refractivity contribution in [3.63, 3.8) is 0 Å². The fourth-order valence-corrected chi connectivity index (χ4v) is 1.34. The zero-order chi connectivity index (χ0) is 12.0. The third-order valence-electron chi connectivity index (χ3n) is 2.15. The van der Waals surface area contributed by atoms with Crippen molar-refractivity contribution in [1.82, 2.24) is 5.32 Å². The first-order chi connectivity index (χ1) is 7.67. The molecular formula is C12H17NO3. The topological polar surface area (TPSA) is 47.6 Å². The molecule has 0 aliphatic heterocycles. The van der Waals surface area contributed by atoms with Gasteiger partial charge < -0.3 is 14.8 Å². The number of hydrogen-bond donors (Lipinski definition) is 1. The van der Waals surface area contributed by atoms with E-state index in [4.69, 9.17) is 9.47 Å². The summed E-state index contributed by atoms with van der Waals surface area (Å²) < 4.78 is 9.96. The van der Waals surface area contributed by atoms with E-state index >= 15 is 0 Å².